The van der Waals surface area contributed by atoms with Crippen LogP contribution in [0.4, 0.5) is 0 Å². The second-order valence-corrected chi connectivity index (χ2v) is 6.81. The lowest BCUT2D eigenvalue weighted by Gasteiger charge is -2.26. The molecular formula is C16H23ClN2. The minimum atomic E-state index is 0.238. The summed E-state index contributed by atoms with van der Waals surface area (Å²) >= 11 is 6.23. The highest BCUT2D eigenvalue weighted by Crippen LogP contribution is 2.50. The van der Waals surface area contributed by atoms with E-state index in [1.165, 1.54) is 31.2 Å². The molecule has 1 aromatic carbocycles. The summed E-state index contributed by atoms with van der Waals surface area (Å²) in [5, 5.41) is 0.839. The zero-order valence-electron chi connectivity index (χ0n) is 11.5. The van der Waals surface area contributed by atoms with E-state index in [9.17, 15) is 0 Å². The van der Waals surface area contributed by atoms with Crippen molar-refractivity contribution < 1.29 is 0 Å². The van der Waals surface area contributed by atoms with Gasteiger partial charge in [0, 0.05) is 11.1 Å². The normalized spacial score (nSPS) is 30.8. The summed E-state index contributed by atoms with van der Waals surface area (Å²) in [6.45, 7) is 2.03. The highest BCUT2D eigenvalue weighted by Gasteiger charge is 2.40. The lowest BCUT2D eigenvalue weighted by atomic mass is 9.83. The minimum absolute atomic E-state index is 0.238. The first kappa shape index (κ1) is 13.4. The van der Waals surface area contributed by atoms with E-state index < -0.39 is 0 Å². The van der Waals surface area contributed by atoms with E-state index in [1.54, 1.807) is 0 Å². The molecule has 2 nitrogen and oxygen atoms in total. The molecule has 0 spiro atoms. The van der Waals surface area contributed by atoms with Crippen LogP contribution in [0.25, 0.3) is 0 Å². The van der Waals surface area contributed by atoms with Crippen molar-refractivity contribution >= 4 is 11.6 Å². The van der Waals surface area contributed by atoms with Gasteiger partial charge in [0.05, 0.1) is 0 Å². The number of rotatable bonds is 4. The SMILES string of the molecule is Cc1ccc(C(CC2CC3CCC2C3)NN)cc1Cl. The summed E-state index contributed by atoms with van der Waals surface area (Å²) in [7, 11) is 0. The fourth-order valence-corrected chi connectivity index (χ4v) is 4.28. The maximum absolute atomic E-state index is 6.23. The van der Waals surface area contributed by atoms with Crippen molar-refractivity contribution in [2.75, 3.05) is 0 Å². The number of nitrogens with two attached hydrogens (primary N) is 1. The van der Waals surface area contributed by atoms with E-state index in [-0.39, 0.29) is 6.04 Å². The topological polar surface area (TPSA) is 38.0 Å². The van der Waals surface area contributed by atoms with Crippen molar-refractivity contribution in [3.63, 3.8) is 0 Å². The molecular weight excluding hydrogens is 256 g/mol. The Bertz CT molecular complexity index is 460. The van der Waals surface area contributed by atoms with Crippen molar-refractivity contribution in [1.29, 1.82) is 0 Å². The van der Waals surface area contributed by atoms with Gasteiger partial charge in [0.2, 0.25) is 0 Å². The Balaban J connectivity index is 1.71. The Morgan fingerprint density at radius 3 is 2.79 bits per heavy atom. The van der Waals surface area contributed by atoms with Crippen LogP contribution in [-0.2, 0) is 0 Å². The van der Waals surface area contributed by atoms with Gasteiger partial charge in [-0.15, -0.1) is 0 Å². The molecule has 2 fully saturated rings. The molecule has 3 rings (SSSR count). The highest BCUT2D eigenvalue weighted by molar-refractivity contribution is 6.31. The first-order chi connectivity index (χ1) is 9.17. The zero-order valence-corrected chi connectivity index (χ0v) is 12.3. The molecule has 0 saturated heterocycles. The predicted molar refractivity (Wildman–Crippen MR) is 79.8 cm³/mol. The summed E-state index contributed by atoms with van der Waals surface area (Å²) in [6, 6.07) is 6.54. The van der Waals surface area contributed by atoms with Gasteiger partial charge in [0.1, 0.15) is 0 Å². The number of hydrogen-bond donors (Lipinski definition) is 2. The molecule has 2 bridgehead atoms. The quantitative estimate of drug-likeness (QED) is 0.646. The standard InChI is InChI=1S/C16H23ClN2/c1-10-2-4-13(8-15(10)17)16(19-18)9-14-7-11-3-5-12(14)6-11/h2,4,8,11-12,14,16,19H,3,5-7,9,18H2,1H3. The smallest absolute Gasteiger partial charge is 0.0463 e. The second kappa shape index (κ2) is 5.43. The van der Waals surface area contributed by atoms with Crippen LogP contribution in [0.3, 0.4) is 0 Å². The van der Waals surface area contributed by atoms with Gasteiger partial charge < -0.3 is 0 Å². The number of aryl methyl sites for hydroxylation is 1. The molecule has 3 N–H and O–H groups in total. The molecule has 19 heavy (non-hydrogen) atoms. The molecule has 2 aliphatic rings. The third-order valence-electron chi connectivity index (χ3n) is 5.22. The summed E-state index contributed by atoms with van der Waals surface area (Å²) < 4.78 is 0. The number of nitrogens with one attached hydrogen (secondary N) is 1. The average molecular weight is 279 g/mol. The average Bonchev–Trinajstić information content (AvgIpc) is 3.01. The summed E-state index contributed by atoms with van der Waals surface area (Å²) in [5.41, 5.74) is 5.34. The molecule has 3 heteroatoms. The van der Waals surface area contributed by atoms with Crippen LogP contribution >= 0.6 is 11.6 Å². The Kier molecular flexibility index (Phi) is 3.84. The Morgan fingerprint density at radius 1 is 1.37 bits per heavy atom. The van der Waals surface area contributed by atoms with E-state index in [2.05, 4.69) is 23.6 Å². The largest absolute Gasteiger partial charge is 0.271 e. The van der Waals surface area contributed by atoms with Crippen LogP contribution in [0.15, 0.2) is 18.2 Å². The molecule has 0 aromatic heterocycles. The summed E-state index contributed by atoms with van der Waals surface area (Å²) in [6.07, 6.45) is 6.90. The zero-order chi connectivity index (χ0) is 13.4. The molecule has 104 valence electrons. The Hall–Kier alpha value is -0.570. The number of fused-ring (bicyclic) bond motifs is 2. The maximum atomic E-state index is 6.23. The Labute approximate surface area is 120 Å². The minimum Gasteiger partial charge on any atom is -0.271 e. The predicted octanol–water partition coefficient (Wildman–Crippen LogP) is 3.98. The third kappa shape index (κ3) is 2.67. The molecule has 4 unspecified atom stereocenters. The van der Waals surface area contributed by atoms with Gasteiger partial charge >= 0.3 is 0 Å². The number of hydrazine groups is 1. The van der Waals surface area contributed by atoms with Crippen LogP contribution in [0.1, 0.15) is 49.3 Å². The first-order valence-corrected chi connectivity index (χ1v) is 7.77. The van der Waals surface area contributed by atoms with Gasteiger partial charge in [0.15, 0.2) is 0 Å². The van der Waals surface area contributed by atoms with Crippen molar-refractivity contribution in [3.8, 4) is 0 Å². The molecule has 4 atom stereocenters. The van der Waals surface area contributed by atoms with Crippen LogP contribution in [0, 0.1) is 24.7 Å². The van der Waals surface area contributed by atoms with Gasteiger partial charge in [-0.3, -0.25) is 11.3 Å². The van der Waals surface area contributed by atoms with Crippen molar-refractivity contribution in [2.45, 2.75) is 45.1 Å². The number of benzene rings is 1. The van der Waals surface area contributed by atoms with Crippen LogP contribution in [-0.4, -0.2) is 0 Å². The van der Waals surface area contributed by atoms with Crippen molar-refractivity contribution in [1.82, 2.24) is 5.43 Å². The molecule has 0 radical (unpaired) electrons. The van der Waals surface area contributed by atoms with E-state index >= 15 is 0 Å². The third-order valence-corrected chi connectivity index (χ3v) is 5.63. The van der Waals surface area contributed by atoms with E-state index in [1.807, 2.05) is 6.92 Å². The van der Waals surface area contributed by atoms with Crippen LogP contribution < -0.4 is 11.3 Å². The molecule has 0 amide bonds. The van der Waals surface area contributed by atoms with Gasteiger partial charge in [-0.25, -0.2) is 0 Å². The van der Waals surface area contributed by atoms with Gasteiger partial charge in [-0.1, -0.05) is 30.2 Å². The van der Waals surface area contributed by atoms with Crippen LogP contribution in [0.2, 0.25) is 5.02 Å². The fraction of sp³-hybridized carbons (Fsp3) is 0.625. The summed E-state index contributed by atoms with van der Waals surface area (Å²) in [5.74, 6) is 8.56. The summed E-state index contributed by atoms with van der Waals surface area (Å²) in [4.78, 5) is 0. The lowest BCUT2D eigenvalue weighted by Crippen LogP contribution is -2.30. The molecule has 2 aliphatic carbocycles. The highest BCUT2D eigenvalue weighted by atomic mass is 35.5. The lowest BCUT2D eigenvalue weighted by molar-refractivity contribution is 0.280. The van der Waals surface area contributed by atoms with Crippen LogP contribution in [0.5, 0.6) is 0 Å². The molecule has 2 saturated carbocycles. The van der Waals surface area contributed by atoms with E-state index in [0.29, 0.717) is 0 Å². The van der Waals surface area contributed by atoms with Crippen molar-refractivity contribution in [3.05, 3.63) is 34.3 Å². The fourth-order valence-electron chi connectivity index (χ4n) is 4.09. The number of hydrogen-bond acceptors (Lipinski definition) is 2. The second-order valence-electron chi connectivity index (χ2n) is 6.40. The van der Waals surface area contributed by atoms with E-state index in [4.69, 9.17) is 17.4 Å². The monoisotopic (exact) mass is 278 g/mol. The van der Waals surface area contributed by atoms with Gasteiger partial charge in [-0.05, 0) is 67.6 Å². The molecule has 0 heterocycles. The van der Waals surface area contributed by atoms with E-state index in [0.717, 1.165) is 34.8 Å². The molecule has 0 aliphatic heterocycles. The molecule has 1 aromatic rings. The Morgan fingerprint density at radius 2 is 2.21 bits per heavy atom. The van der Waals surface area contributed by atoms with Crippen molar-refractivity contribution in [2.24, 2.45) is 23.6 Å². The van der Waals surface area contributed by atoms with Gasteiger partial charge in [-0.2, -0.15) is 0 Å². The maximum Gasteiger partial charge on any atom is 0.0463 e. The number of halogens is 1. The van der Waals surface area contributed by atoms with Gasteiger partial charge in [0.25, 0.3) is 0 Å². The first-order valence-electron chi connectivity index (χ1n) is 7.39.